The molecule has 7 heteroatoms. The number of rotatable bonds is 4. The van der Waals surface area contributed by atoms with Gasteiger partial charge in [0.15, 0.2) is 11.5 Å². The van der Waals surface area contributed by atoms with E-state index in [-0.39, 0.29) is 17.9 Å². The van der Waals surface area contributed by atoms with Crippen LogP contribution in [0.3, 0.4) is 0 Å². The molecule has 2 aliphatic rings. The van der Waals surface area contributed by atoms with Gasteiger partial charge in [0.05, 0.1) is 12.5 Å². The van der Waals surface area contributed by atoms with Gasteiger partial charge in [0, 0.05) is 29.6 Å². The van der Waals surface area contributed by atoms with Crippen LogP contribution in [0.4, 0.5) is 5.69 Å². The van der Waals surface area contributed by atoms with E-state index in [0.29, 0.717) is 44.1 Å². The van der Waals surface area contributed by atoms with Gasteiger partial charge in [0.25, 0.3) is 0 Å². The molecule has 0 radical (unpaired) electrons. The van der Waals surface area contributed by atoms with Crippen LogP contribution in [0, 0.1) is 0 Å². The van der Waals surface area contributed by atoms with Crippen LogP contribution in [0.5, 0.6) is 11.5 Å². The summed E-state index contributed by atoms with van der Waals surface area (Å²) >= 11 is 1.56. The van der Waals surface area contributed by atoms with E-state index in [2.05, 4.69) is 5.32 Å². The van der Waals surface area contributed by atoms with Crippen molar-refractivity contribution in [3.63, 3.8) is 0 Å². The van der Waals surface area contributed by atoms with E-state index in [9.17, 15) is 9.59 Å². The van der Waals surface area contributed by atoms with E-state index < -0.39 is 0 Å². The van der Waals surface area contributed by atoms with Gasteiger partial charge in [-0.15, -0.1) is 11.3 Å². The van der Waals surface area contributed by atoms with Crippen molar-refractivity contribution in [3.8, 4) is 11.5 Å². The minimum Gasteiger partial charge on any atom is -0.486 e. The molecule has 130 valence electrons. The number of anilines is 1. The number of carbonyl (C=O) groups is 2. The Morgan fingerprint density at radius 2 is 2.08 bits per heavy atom. The zero-order valence-electron chi connectivity index (χ0n) is 13.6. The predicted octanol–water partition coefficient (Wildman–Crippen LogP) is 1.98. The van der Waals surface area contributed by atoms with Gasteiger partial charge in [-0.2, -0.15) is 0 Å². The lowest BCUT2D eigenvalue weighted by molar-refractivity contribution is -0.121. The number of nitrogens with zero attached hydrogens (tertiary/aromatic N) is 1. The third-order valence-electron chi connectivity index (χ3n) is 4.24. The quantitative estimate of drug-likeness (QED) is 0.908. The summed E-state index contributed by atoms with van der Waals surface area (Å²) in [6.07, 6.45) is 0.664. The van der Waals surface area contributed by atoms with Gasteiger partial charge < -0.3 is 19.7 Å². The highest BCUT2D eigenvalue weighted by Crippen LogP contribution is 2.35. The predicted molar refractivity (Wildman–Crippen MR) is 94.4 cm³/mol. The number of thiophene rings is 1. The summed E-state index contributed by atoms with van der Waals surface area (Å²) in [4.78, 5) is 27.2. The summed E-state index contributed by atoms with van der Waals surface area (Å²) in [5.41, 5.74) is 0.768. The molecule has 2 amide bonds. The fraction of sp³-hybridized carbons (Fsp3) is 0.333. The van der Waals surface area contributed by atoms with Gasteiger partial charge in [0.1, 0.15) is 13.2 Å². The van der Waals surface area contributed by atoms with Gasteiger partial charge >= 0.3 is 0 Å². The van der Waals surface area contributed by atoms with Crippen molar-refractivity contribution in [2.45, 2.75) is 18.9 Å². The molecule has 4 rings (SSSR count). The molecule has 0 aliphatic carbocycles. The molecular weight excluding hydrogens is 340 g/mol. The summed E-state index contributed by atoms with van der Waals surface area (Å²) in [7, 11) is 0. The van der Waals surface area contributed by atoms with E-state index in [4.69, 9.17) is 9.47 Å². The van der Waals surface area contributed by atoms with Crippen LogP contribution < -0.4 is 19.7 Å². The van der Waals surface area contributed by atoms with Crippen molar-refractivity contribution < 1.29 is 19.1 Å². The van der Waals surface area contributed by atoms with Crippen LogP contribution >= 0.6 is 11.3 Å². The van der Waals surface area contributed by atoms with Crippen LogP contribution in [-0.4, -0.2) is 37.6 Å². The fourth-order valence-corrected chi connectivity index (χ4v) is 3.81. The summed E-state index contributed by atoms with van der Waals surface area (Å²) in [5.74, 6) is 1.30. The Labute approximate surface area is 149 Å². The molecule has 2 aliphatic heterocycles. The Bertz CT molecular complexity index is 790. The summed E-state index contributed by atoms with van der Waals surface area (Å²) in [5, 5.41) is 4.91. The fourth-order valence-electron chi connectivity index (χ4n) is 3.10. The first-order valence-electron chi connectivity index (χ1n) is 8.21. The molecule has 0 spiro atoms. The molecule has 0 unspecified atom stereocenters. The first kappa shape index (κ1) is 16.0. The first-order valence-corrected chi connectivity index (χ1v) is 9.09. The Morgan fingerprint density at radius 1 is 1.24 bits per heavy atom. The van der Waals surface area contributed by atoms with E-state index >= 15 is 0 Å². The number of ether oxygens (including phenoxy) is 2. The molecule has 1 atom stereocenters. The maximum Gasteiger partial charge on any atom is 0.229 e. The van der Waals surface area contributed by atoms with Gasteiger partial charge in [0.2, 0.25) is 11.8 Å². The number of benzene rings is 1. The van der Waals surface area contributed by atoms with Crippen LogP contribution in [0.2, 0.25) is 0 Å². The maximum atomic E-state index is 12.4. The molecule has 0 bridgehead atoms. The van der Waals surface area contributed by atoms with Gasteiger partial charge in [-0.3, -0.25) is 9.59 Å². The van der Waals surface area contributed by atoms with Crippen molar-refractivity contribution in [1.82, 2.24) is 5.32 Å². The van der Waals surface area contributed by atoms with E-state index in [1.54, 1.807) is 16.2 Å². The molecule has 1 aromatic carbocycles. The van der Waals surface area contributed by atoms with Gasteiger partial charge in [-0.25, -0.2) is 0 Å². The standard InChI is InChI=1S/C18H18N2O4S/c21-17(10-14-2-1-7-25-14)19-12-8-18(22)20(11-12)13-3-4-15-16(9-13)24-6-5-23-15/h1-4,7,9,12H,5-6,8,10-11H2,(H,19,21)/t12-/m0/s1. The van der Waals surface area contributed by atoms with Crippen molar-refractivity contribution >= 4 is 28.8 Å². The van der Waals surface area contributed by atoms with Gasteiger partial charge in [-0.05, 0) is 23.6 Å². The second-order valence-corrected chi connectivity index (χ2v) is 7.09. The second-order valence-electron chi connectivity index (χ2n) is 6.06. The third kappa shape index (κ3) is 3.46. The van der Waals surface area contributed by atoms with E-state index in [1.807, 2.05) is 35.7 Å². The van der Waals surface area contributed by atoms with Gasteiger partial charge in [-0.1, -0.05) is 6.07 Å². The average molecular weight is 358 g/mol. The van der Waals surface area contributed by atoms with Crippen molar-refractivity contribution in [2.75, 3.05) is 24.7 Å². The normalized spacial score (nSPS) is 19.1. The summed E-state index contributed by atoms with van der Waals surface area (Å²) < 4.78 is 11.1. The lowest BCUT2D eigenvalue weighted by Crippen LogP contribution is -2.37. The highest BCUT2D eigenvalue weighted by atomic mass is 32.1. The molecule has 1 aromatic heterocycles. The minimum atomic E-state index is -0.173. The highest BCUT2D eigenvalue weighted by Gasteiger charge is 2.32. The van der Waals surface area contributed by atoms with Crippen molar-refractivity contribution in [2.24, 2.45) is 0 Å². The molecular formula is C18H18N2O4S. The zero-order chi connectivity index (χ0) is 17.2. The number of hydrogen-bond donors (Lipinski definition) is 1. The minimum absolute atomic E-state index is 0.00176. The van der Waals surface area contributed by atoms with Crippen molar-refractivity contribution in [1.29, 1.82) is 0 Å². The number of carbonyl (C=O) groups excluding carboxylic acids is 2. The maximum absolute atomic E-state index is 12.4. The first-order chi connectivity index (χ1) is 12.2. The molecule has 0 saturated carbocycles. The Balaban J connectivity index is 1.41. The summed E-state index contributed by atoms with van der Waals surface area (Å²) in [6.45, 7) is 1.51. The molecule has 6 nitrogen and oxygen atoms in total. The second kappa shape index (κ2) is 6.76. The third-order valence-corrected chi connectivity index (χ3v) is 5.12. The van der Waals surface area contributed by atoms with Crippen LogP contribution in [0.1, 0.15) is 11.3 Å². The van der Waals surface area contributed by atoms with Crippen LogP contribution in [0.15, 0.2) is 35.7 Å². The Kier molecular flexibility index (Phi) is 4.31. The lowest BCUT2D eigenvalue weighted by Gasteiger charge is -2.22. The average Bonchev–Trinajstić information content (AvgIpc) is 3.24. The number of amides is 2. The molecule has 1 N–H and O–H groups in total. The van der Waals surface area contributed by atoms with Crippen molar-refractivity contribution in [3.05, 3.63) is 40.6 Å². The Hall–Kier alpha value is -2.54. The van der Waals surface area contributed by atoms with E-state index in [1.165, 1.54) is 0 Å². The monoisotopic (exact) mass is 358 g/mol. The highest BCUT2D eigenvalue weighted by molar-refractivity contribution is 7.10. The van der Waals surface area contributed by atoms with Crippen LogP contribution in [-0.2, 0) is 16.0 Å². The largest absolute Gasteiger partial charge is 0.486 e. The molecule has 2 aromatic rings. The summed E-state index contributed by atoms with van der Waals surface area (Å²) in [6, 6.07) is 9.18. The molecule has 1 fully saturated rings. The molecule has 3 heterocycles. The lowest BCUT2D eigenvalue weighted by atomic mass is 10.2. The molecule has 1 saturated heterocycles. The number of fused-ring (bicyclic) bond motifs is 1. The number of nitrogens with one attached hydrogen (secondary N) is 1. The number of hydrogen-bond acceptors (Lipinski definition) is 5. The Morgan fingerprint density at radius 3 is 2.88 bits per heavy atom. The van der Waals surface area contributed by atoms with Crippen LogP contribution in [0.25, 0.3) is 0 Å². The molecule has 25 heavy (non-hydrogen) atoms. The topological polar surface area (TPSA) is 67.9 Å². The van der Waals surface area contributed by atoms with E-state index in [0.717, 1.165) is 10.6 Å². The zero-order valence-corrected chi connectivity index (χ0v) is 14.4. The SMILES string of the molecule is O=C(Cc1cccs1)N[C@H]1CC(=O)N(c2ccc3c(c2)OCCO3)C1. The smallest absolute Gasteiger partial charge is 0.229 e.